The van der Waals surface area contributed by atoms with Crippen LogP contribution in [0.15, 0.2) is 60.0 Å². The van der Waals surface area contributed by atoms with Crippen molar-refractivity contribution in [1.29, 1.82) is 0 Å². The molecule has 0 aliphatic carbocycles. The van der Waals surface area contributed by atoms with Crippen LogP contribution in [0.3, 0.4) is 0 Å². The maximum absolute atomic E-state index is 12.7. The molecule has 3 aromatic rings. The number of amides is 1. The van der Waals surface area contributed by atoms with Gasteiger partial charge >= 0.3 is 0 Å². The molecular formula is C21H22N2O2S. The lowest BCUT2D eigenvalue weighted by Crippen LogP contribution is -2.23. The minimum atomic E-state index is -0.158. The van der Waals surface area contributed by atoms with Crippen LogP contribution >= 0.6 is 11.3 Å². The van der Waals surface area contributed by atoms with E-state index >= 15 is 0 Å². The van der Waals surface area contributed by atoms with Gasteiger partial charge in [0.1, 0.15) is 5.75 Å². The maximum atomic E-state index is 12.7. The first-order valence-corrected chi connectivity index (χ1v) is 9.49. The van der Waals surface area contributed by atoms with Gasteiger partial charge in [0, 0.05) is 17.5 Å². The molecule has 1 heterocycles. The number of ether oxygens (including phenoxy) is 1. The van der Waals surface area contributed by atoms with Crippen LogP contribution in [0.1, 0.15) is 29.3 Å². The Morgan fingerprint density at radius 1 is 1.12 bits per heavy atom. The minimum absolute atomic E-state index is 0.158. The number of nitrogens with two attached hydrogens (primary N) is 1. The van der Waals surface area contributed by atoms with Gasteiger partial charge in [-0.2, -0.15) is 0 Å². The van der Waals surface area contributed by atoms with Gasteiger partial charge in [0.15, 0.2) is 0 Å². The van der Waals surface area contributed by atoms with Crippen molar-refractivity contribution in [3.05, 3.63) is 71.1 Å². The summed E-state index contributed by atoms with van der Waals surface area (Å²) in [5.41, 5.74) is 9.46. The van der Waals surface area contributed by atoms with Crippen molar-refractivity contribution < 1.29 is 9.53 Å². The fourth-order valence-electron chi connectivity index (χ4n) is 2.64. The van der Waals surface area contributed by atoms with Crippen LogP contribution in [0, 0.1) is 0 Å². The molecule has 0 saturated heterocycles. The first kappa shape index (κ1) is 18.0. The predicted molar refractivity (Wildman–Crippen MR) is 108 cm³/mol. The number of hydrogen-bond acceptors (Lipinski definition) is 4. The third kappa shape index (κ3) is 4.24. The molecule has 3 N–H and O–H groups in total. The number of carbonyl (C=O) groups is 1. The van der Waals surface area contributed by atoms with Crippen LogP contribution in [0.2, 0.25) is 0 Å². The lowest BCUT2D eigenvalue weighted by Gasteiger charge is -2.09. The highest BCUT2D eigenvalue weighted by Crippen LogP contribution is 2.34. The summed E-state index contributed by atoms with van der Waals surface area (Å²) in [6, 6.07) is 17.6. The Morgan fingerprint density at radius 3 is 2.54 bits per heavy atom. The molecule has 0 saturated carbocycles. The van der Waals surface area contributed by atoms with Crippen molar-refractivity contribution in [3.8, 4) is 16.9 Å². The van der Waals surface area contributed by atoms with E-state index in [9.17, 15) is 4.79 Å². The monoisotopic (exact) mass is 366 g/mol. The Morgan fingerprint density at radius 2 is 1.85 bits per heavy atom. The largest absolute Gasteiger partial charge is 0.494 e. The molecular weight excluding hydrogens is 344 g/mol. The van der Waals surface area contributed by atoms with Gasteiger partial charge in [-0.25, -0.2) is 0 Å². The normalized spacial score (nSPS) is 10.5. The molecule has 0 atom stereocenters. The molecule has 5 heteroatoms. The van der Waals surface area contributed by atoms with E-state index in [-0.39, 0.29) is 5.91 Å². The van der Waals surface area contributed by atoms with Crippen LogP contribution in [0.25, 0.3) is 11.1 Å². The number of nitrogen functional groups attached to an aromatic ring is 1. The summed E-state index contributed by atoms with van der Waals surface area (Å²) in [6.45, 7) is 3.24. The minimum Gasteiger partial charge on any atom is -0.494 e. The van der Waals surface area contributed by atoms with Crippen molar-refractivity contribution in [2.75, 3.05) is 12.3 Å². The van der Waals surface area contributed by atoms with Crippen molar-refractivity contribution in [3.63, 3.8) is 0 Å². The van der Waals surface area contributed by atoms with E-state index in [1.807, 2.05) is 60.0 Å². The molecule has 0 aliphatic heterocycles. The molecule has 0 unspecified atom stereocenters. The summed E-state index contributed by atoms with van der Waals surface area (Å²) in [4.78, 5) is 12.7. The number of nitrogens with one attached hydrogen (secondary N) is 1. The van der Waals surface area contributed by atoms with Crippen molar-refractivity contribution in [1.82, 2.24) is 5.32 Å². The lowest BCUT2D eigenvalue weighted by molar-refractivity contribution is 0.0953. The zero-order chi connectivity index (χ0) is 18.4. The molecule has 1 aromatic heterocycles. The zero-order valence-corrected chi connectivity index (χ0v) is 15.5. The van der Waals surface area contributed by atoms with E-state index < -0.39 is 0 Å². The molecule has 0 aliphatic rings. The van der Waals surface area contributed by atoms with E-state index in [1.165, 1.54) is 11.3 Å². The Hall–Kier alpha value is -2.79. The van der Waals surface area contributed by atoms with E-state index in [2.05, 4.69) is 12.2 Å². The first-order valence-electron chi connectivity index (χ1n) is 8.61. The van der Waals surface area contributed by atoms with Gasteiger partial charge in [-0.05, 0) is 29.7 Å². The Balaban J connectivity index is 1.76. The van der Waals surface area contributed by atoms with Crippen LogP contribution < -0.4 is 15.8 Å². The van der Waals surface area contributed by atoms with Crippen LogP contribution in [-0.2, 0) is 6.54 Å². The Labute approximate surface area is 157 Å². The quantitative estimate of drug-likeness (QED) is 0.636. The van der Waals surface area contributed by atoms with Crippen molar-refractivity contribution in [2.45, 2.75) is 19.9 Å². The topological polar surface area (TPSA) is 64.3 Å². The fraction of sp³-hybridized carbons (Fsp3) is 0.190. The number of rotatable bonds is 7. The van der Waals surface area contributed by atoms with Crippen LogP contribution in [0.4, 0.5) is 5.00 Å². The first-order chi connectivity index (χ1) is 12.7. The number of thiophene rings is 1. The molecule has 0 spiro atoms. The van der Waals surface area contributed by atoms with Crippen LogP contribution in [-0.4, -0.2) is 12.5 Å². The highest BCUT2D eigenvalue weighted by atomic mass is 32.1. The van der Waals surface area contributed by atoms with Gasteiger partial charge in [0.25, 0.3) is 5.91 Å². The predicted octanol–water partition coefficient (Wildman–Crippen LogP) is 4.72. The zero-order valence-electron chi connectivity index (χ0n) is 14.7. The number of carbonyl (C=O) groups excluding carboxylic acids is 1. The van der Waals surface area contributed by atoms with Gasteiger partial charge < -0.3 is 15.8 Å². The maximum Gasteiger partial charge on any atom is 0.255 e. The fourth-order valence-corrected chi connectivity index (χ4v) is 3.46. The van der Waals surface area contributed by atoms with Crippen LogP contribution in [0.5, 0.6) is 5.75 Å². The highest BCUT2D eigenvalue weighted by Gasteiger charge is 2.18. The van der Waals surface area contributed by atoms with Gasteiger partial charge in [0.2, 0.25) is 0 Å². The Kier molecular flexibility index (Phi) is 5.92. The third-order valence-electron chi connectivity index (χ3n) is 3.98. The molecule has 2 aromatic carbocycles. The highest BCUT2D eigenvalue weighted by molar-refractivity contribution is 7.15. The molecule has 134 valence electrons. The molecule has 26 heavy (non-hydrogen) atoms. The lowest BCUT2D eigenvalue weighted by atomic mass is 10.0. The number of anilines is 1. The van der Waals surface area contributed by atoms with Gasteiger partial charge in [-0.15, -0.1) is 11.3 Å². The average molecular weight is 366 g/mol. The van der Waals surface area contributed by atoms with Crippen molar-refractivity contribution in [2.24, 2.45) is 0 Å². The molecule has 1 amide bonds. The molecule has 4 nitrogen and oxygen atoms in total. The standard InChI is InChI=1S/C21H22N2O2S/c1-2-12-25-17-10-8-16(9-11-17)18-14-26-20(22)19(18)21(24)23-13-15-6-4-3-5-7-15/h3-11,14H,2,12-13,22H2,1H3,(H,23,24). The second kappa shape index (κ2) is 8.54. The summed E-state index contributed by atoms with van der Waals surface area (Å²) < 4.78 is 5.62. The van der Waals surface area contributed by atoms with E-state index in [1.54, 1.807) is 0 Å². The number of hydrogen-bond donors (Lipinski definition) is 2. The summed E-state index contributed by atoms with van der Waals surface area (Å²) >= 11 is 1.38. The van der Waals surface area contributed by atoms with Gasteiger partial charge in [0.05, 0.1) is 17.2 Å². The molecule has 0 fully saturated rings. The SMILES string of the molecule is CCCOc1ccc(-c2csc(N)c2C(=O)NCc2ccccc2)cc1. The Bertz CT molecular complexity index is 857. The van der Waals surface area contributed by atoms with Gasteiger partial charge in [-0.3, -0.25) is 4.79 Å². The van der Waals surface area contributed by atoms with Crippen molar-refractivity contribution >= 4 is 22.2 Å². The molecule has 0 bridgehead atoms. The number of benzene rings is 2. The average Bonchev–Trinajstić information content (AvgIpc) is 3.07. The molecule has 0 radical (unpaired) electrons. The third-order valence-corrected chi connectivity index (χ3v) is 4.79. The van der Waals surface area contributed by atoms with E-state index in [4.69, 9.17) is 10.5 Å². The summed E-state index contributed by atoms with van der Waals surface area (Å²) in [5, 5.41) is 5.40. The smallest absolute Gasteiger partial charge is 0.255 e. The summed E-state index contributed by atoms with van der Waals surface area (Å²) in [6.07, 6.45) is 0.967. The van der Waals surface area contributed by atoms with E-state index in [0.717, 1.165) is 28.9 Å². The summed E-state index contributed by atoms with van der Waals surface area (Å²) in [7, 11) is 0. The second-order valence-corrected chi connectivity index (χ2v) is 6.84. The van der Waals surface area contributed by atoms with E-state index in [0.29, 0.717) is 23.7 Å². The van der Waals surface area contributed by atoms with Gasteiger partial charge in [-0.1, -0.05) is 49.4 Å². The molecule has 3 rings (SSSR count). The summed E-state index contributed by atoms with van der Waals surface area (Å²) in [5.74, 6) is 0.669. The second-order valence-electron chi connectivity index (χ2n) is 5.93.